The molecule has 0 saturated carbocycles. The van der Waals surface area contributed by atoms with E-state index in [-0.39, 0.29) is 12.1 Å². The van der Waals surface area contributed by atoms with E-state index < -0.39 is 0 Å². The Morgan fingerprint density at radius 3 is 2.96 bits per heavy atom. The highest BCUT2D eigenvalue weighted by atomic mass is 16.5. The Balaban J connectivity index is 1.34. The van der Waals surface area contributed by atoms with E-state index in [9.17, 15) is 4.79 Å². The Morgan fingerprint density at radius 2 is 2.21 bits per heavy atom. The van der Waals surface area contributed by atoms with Crippen LogP contribution in [0.3, 0.4) is 0 Å². The minimum absolute atomic E-state index is 0.114. The summed E-state index contributed by atoms with van der Waals surface area (Å²) in [5.41, 5.74) is 1.21. The molecule has 1 saturated heterocycles. The molecule has 0 radical (unpaired) electrons. The minimum Gasteiger partial charge on any atom is -0.369 e. The lowest BCUT2D eigenvalue weighted by molar-refractivity contribution is 0.237. The highest BCUT2D eigenvalue weighted by Crippen LogP contribution is 2.19. The van der Waals surface area contributed by atoms with Gasteiger partial charge in [0.25, 0.3) is 0 Å². The maximum absolute atomic E-state index is 12.0. The summed E-state index contributed by atoms with van der Waals surface area (Å²) in [6.07, 6.45) is 2.41. The molecule has 0 unspecified atom stereocenters. The first kappa shape index (κ1) is 16.3. The summed E-state index contributed by atoms with van der Waals surface area (Å²) in [5, 5.41) is 9.66. The van der Waals surface area contributed by atoms with Gasteiger partial charge in [0, 0.05) is 37.8 Å². The van der Waals surface area contributed by atoms with Crippen molar-refractivity contribution in [1.82, 2.24) is 20.8 Å². The van der Waals surface area contributed by atoms with Crippen molar-refractivity contribution in [3.8, 4) is 0 Å². The lowest BCUT2D eigenvalue weighted by atomic mass is 10.2. The minimum atomic E-state index is -0.114. The van der Waals surface area contributed by atoms with Gasteiger partial charge in [0.1, 0.15) is 0 Å². The molecule has 1 aliphatic rings. The number of benzene rings is 1. The molecular weight excluding hydrogens is 306 g/mol. The highest BCUT2D eigenvalue weighted by molar-refractivity contribution is 5.74. The molecule has 24 heavy (non-hydrogen) atoms. The standard InChI is InChI=1S/C17H23N5O2/c1-13-19-16(24-21-13)8-5-10-18-17(23)20-14-9-11-22(12-14)15-6-3-2-4-7-15/h2-4,6-7,14H,5,8-12H2,1H3,(H2,18,20,23)/t14-/m1/s1. The molecule has 2 heterocycles. The first-order valence-electron chi connectivity index (χ1n) is 8.34. The van der Waals surface area contributed by atoms with Crippen LogP contribution in [0.15, 0.2) is 34.9 Å². The predicted molar refractivity (Wildman–Crippen MR) is 91.0 cm³/mol. The van der Waals surface area contributed by atoms with Crippen molar-refractivity contribution < 1.29 is 9.32 Å². The highest BCUT2D eigenvalue weighted by Gasteiger charge is 2.23. The lowest BCUT2D eigenvalue weighted by Gasteiger charge is -2.19. The zero-order valence-electron chi connectivity index (χ0n) is 13.9. The summed E-state index contributed by atoms with van der Waals surface area (Å²) >= 11 is 0. The van der Waals surface area contributed by atoms with Crippen LogP contribution >= 0.6 is 0 Å². The summed E-state index contributed by atoms with van der Waals surface area (Å²) in [6.45, 7) is 4.19. The summed E-state index contributed by atoms with van der Waals surface area (Å²) in [4.78, 5) is 18.4. The third-order valence-electron chi connectivity index (χ3n) is 4.07. The smallest absolute Gasteiger partial charge is 0.315 e. The van der Waals surface area contributed by atoms with E-state index in [2.05, 4.69) is 37.8 Å². The van der Waals surface area contributed by atoms with E-state index in [1.807, 2.05) is 18.2 Å². The molecule has 0 spiro atoms. The maximum atomic E-state index is 12.0. The monoisotopic (exact) mass is 329 g/mol. The predicted octanol–water partition coefficient (Wildman–Crippen LogP) is 1.89. The molecule has 1 fully saturated rings. The molecule has 7 heteroatoms. The van der Waals surface area contributed by atoms with Crippen LogP contribution in [-0.4, -0.2) is 41.8 Å². The van der Waals surface area contributed by atoms with Crippen molar-refractivity contribution in [1.29, 1.82) is 0 Å². The Hall–Kier alpha value is -2.57. The van der Waals surface area contributed by atoms with Gasteiger partial charge < -0.3 is 20.1 Å². The second-order valence-electron chi connectivity index (χ2n) is 6.01. The first-order chi connectivity index (χ1) is 11.7. The van der Waals surface area contributed by atoms with Gasteiger partial charge in [-0.3, -0.25) is 0 Å². The topological polar surface area (TPSA) is 83.3 Å². The number of hydrogen-bond donors (Lipinski definition) is 2. The average molecular weight is 329 g/mol. The van der Waals surface area contributed by atoms with E-state index in [1.165, 1.54) is 5.69 Å². The number of carbonyl (C=O) groups excluding carboxylic acids is 1. The van der Waals surface area contributed by atoms with Crippen molar-refractivity contribution in [3.05, 3.63) is 42.0 Å². The lowest BCUT2D eigenvalue weighted by Crippen LogP contribution is -2.43. The number of hydrogen-bond acceptors (Lipinski definition) is 5. The molecule has 2 amide bonds. The second kappa shape index (κ2) is 7.81. The Labute approximate surface area is 141 Å². The molecule has 1 aromatic heterocycles. The Bertz CT molecular complexity index is 658. The third-order valence-corrected chi connectivity index (χ3v) is 4.07. The van der Waals surface area contributed by atoms with Crippen LogP contribution in [0.2, 0.25) is 0 Å². The SMILES string of the molecule is Cc1noc(CCCNC(=O)N[C@@H]2CCN(c3ccccc3)C2)n1. The van der Waals surface area contributed by atoms with Gasteiger partial charge in [-0.05, 0) is 31.9 Å². The van der Waals surface area contributed by atoms with Gasteiger partial charge >= 0.3 is 6.03 Å². The maximum Gasteiger partial charge on any atom is 0.315 e. The van der Waals surface area contributed by atoms with Crippen LogP contribution in [-0.2, 0) is 6.42 Å². The number of aromatic nitrogens is 2. The number of nitrogens with one attached hydrogen (secondary N) is 2. The van der Waals surface area contributed by atoms with Crippen LogP contribution in [0.5, 0.6) is 0 Å². The van der Waals surface area contributed by atoms with Gasteiger partial charge in [-0.25, -0.2) is 4.79 Å². The third kappa shape index (κ3) is 4.47. The van der Waals surface area contributed by atoms with E-state index in [4.69, 9.17) is 4.52 Å². The molecule has 3 rings (SSSR count). The van der Waals surface area contributed by atoms with Crippen molar-refractivity contribution in [2.75, 3.05) is 24.5 Å². The zero-order chi connectivity index (χ0) is 16.8. The molecule has 0 aliphatic carbocycles. The number of amides is 2. The zero-order valence-corrected chi connectivity index (χ0v) is 13.9. The van der Waals surface area contributed by atoms with Gasteiger partial charge in [-0.15, -0.1) is 0 Å². The van der Waals surface area contributed by atoms with Crippen LogP contribution in [0, 0.1) is 6.92 Å². The fourth-order valence-electron chi connectivity index (χ4n) is 2.87. The van der Waals surface area contributed by atoms with Crippen LogP contribution < -0.4 is 15.5 Å². The van der Waals surface area contributed by atoms with Crippen molar-refractivity contribution in [3.63, 3.8) is 0 Å². The largest absolute Gasteiger partial charge is 0.369 e. The quantitative estimate of drug-likeness (QED) is 0.791. The average Bonchev–Trinajstić information content (AvgIpc) is 3.22. The van der Waals surface area contributed by atoms with Crippen molar-refractivity contribution in [2.45, 2.75) is 32.2 Å². The van der Waals surface area contributed by atoms with E-state index in [1.54, 1.807) is 6.92 Å². The van der Waals surface area contributed by atoms with Gasteiger partial charge in [0.05, 0.1) is 0 Å². The Morgan fingerprint density at radius 1 is 1.38 bits per heavy atom. The van der Waals surface area contributed by atoms with Gasteiger partial charge in [0.2, 0.25) is 5.89 Å². The molecule has 2 N–H and O–H groups in total. The molecule has 1 atom stereocenters. The summed E-state index contributed by atoms with van der Waals surface area (Å²) < 4.78 is 5.04. The molecule has 1 aliphatic heterocycles. The second-order valence-corrected chi connectivity index (χ2v) is 6.01. The van der Waals surface area contributed by atoms with Crippen LogP contribution in [0.25, 0.3) is 0 Å². The van der Waals surface area contributed by atoms with E-state index >= 15 is 0 Å². The van der Waals surface area contributed by atoms with Crippen molar-refractivity contribution >= 4 is 11.7 Å². The molecule has 7 nitrogen and oxygen atoms in total. The van der Waals surface area contributed by atoms with E-state index in [0.29, 0.717) is 24.7 Å². The number of carbonyl (C=O) groups is 1. The number of para-hydroxylation sites is 1. The molecule has 0 bridgehead atoms. The van der Waals surface area contributed by atoms with Gasteiger partial charge in [-0.2, -0.15) is 4.98 Å². The molecule has 2 aromatic rings. The summed E-state index contributed by atoms with van der Waals surface area (Å²) in [7, 11) is 0. The molecule has 1 aromatic carbocycles. The van der Waals surface area contributed by atoms with Gasteiger partial charge in [-0.1, -0.05) is 23.4 Å². The van der Waals surface area contributed by atoms with Crippen LogP contribution in [0.4, 0.5) is 10.5 Å². The number of nitrogens with zero attached hydrogens (tertiary/aromatic N) is 3. The normalized spacial score (nSPS) is 17.0. The fourth-order valence-corrected chi connectivity index (χ4v) is 2.87. The Kier molecular flexibility index (Phi) is 5.30. The molecular formula is C17H23N5O2. The fraction of sp³-hybridized carbons (Fsp3) is 0.471. The number of aryl methyl sites for hydroxylation is 2. The summed E-state index contributed by atoms with van der Waals surface area (Å²) in [5.74, 6) is 1.25. The van der Waals surface area contributed by atoms with Gasteiger partial charge in [0.15, 0.2) is 5.82 Å². The van der Waals surface area contributed by atoms with Crippen molar-refractivity contribution in [2.24, 2.45) is 0 Å². The summed E-state index contributed by atoms with van der Waals surface area (Å²) in [6, 6.07) is 10.4. The first-order valence-corrected chi connectivity index (χ1v) is 8.34. The molecule has 128 valence electrons. The number of urea groups is 1. The number of anilines is 1. The van der Waals surface area contributed by atoms with E-state index in [0.717, 1.165) is 25.9 Å². The van der Waals surface area contributed by atoms with Crippen LogP contribution in [0.1, 0.15) is 24.6 Å². The number of rotatable bonds is 6.